The number of aromatic nitrogens is 2. The normalized spacial score (nSPS) is 10.3. The van der Waals surface area contributed by atoms with Crippen LogP contribution in [0, 0.1) is 0 Å². The smallest absolute Gasteiger partial charge is 0.255 e. The standard InChI is InChI=1S/C14H17N3O3/c1-17-10-12(9-15-17)16-14(18)11-4-3-5-13(8-11)20-7-6-19-2/h3-5,8-10H,6-7H2,1-2H3,(H,16,18). The Morgan fingerprint density at radius 1 is 1.40 bits per heavy atom. The summed E-state index contributed by atoms with van der Waals surface area (Å²) in [7, 11) is 3.40. The van der Waals surface area contributed by atoms with E-state index in [2.05, 4.69) is 10.4 Å². The second kappa shape index (κ2) is 6.72. The van der Waals surface area contributed by atoms with E-state index in [1.807, 2.05) is 0 Å². The zero-order chi connectivity index (χ0) is 14.4. The minimum absolute atomic E-state index is 0.199. The van der Waals surface area contributed by atoms with Gasteiger partial charge in [-0.05, 0) is 18.2 Å². The van der Waals surface area contributed by atoms with Crippen LogP contribution in [0.3, 0.4) is 0 Å². The molecule has 2 rings (SSSR count). The van der Waals surface area contributed by atoms with Crippen LogP contribution >= 0.6 is 0 Å². The highest BCUT2D eigenvalue weighted by atomic mass is 16.5. The monoisotopic (exact) mass is 275 g/mol. The molecule has 0 aliphatic rings. The number of methoxy groups -OCH3 is 1. The topological polar surface area (TPSA) is 65.4 Å². The van der Waals surface area contributed by atoms with Crippen LogP contribution in [-0.4, -0.2) is 36.0 Å². The van der Waals surface area contributed by atoms with E-state index in [9.17, 15) is 4.79 Å². The summed E-state index contributed by atoms with van der Waals surface area (Å²) in [6.07, 6.45) is 3.33. The summed E-state index contributed by atoms with van der Waals surface area (Å²) in [5.74, 6) is 0.441. The first-order valence-corrected chi connectivity index (χ1v) is 6.21. The molecule has 2 aromatic rings. The molecule has 0 aliphatic carbocycles. The van der Waals surface area contributed by atoms with E-state index < -0.39 is 0 Å². The van der Waals surface area contributed by atoms with Crippen molar-refractivity contribution in [3.05, 3.63) is 42.2 Å². The second-order valence-corrected chi connectivity index (χ2v) is 4.23. The summed E-state index contributed by atoms with van der Waals surface area (Å²) in [6.45, 7) is 0.955. The molecule has 1 heterocycles. The number of benzene rings is 1. The van der Waals surface area contributed by atoms with E-state index in [0.717, 1.165) is 0 Å². The Morgan fingerprint density at radius 2 is 2.25 bits per heavy atom. The van der Waals surface area contributed by atoms with Gasteiger partial charge in [0, 0.05) is 25.9 Å². The van der Waals surface area contributed by atoms with E-state index in [1.165, 1.54) is 0 Å². The van der Waals surface area contributed by atoms with Gasteiger partial charge in [-0.1, -0.05) is 6.07 Å². The van der Waals surface area contributed by atoms with Crippen molar-refractivity contribution < 1.29 is 14.3 Å². The minimum atomic E-state index is -0.199. The molecule has 0 unspecified atom stereocenters. The van der Waals surface area contributed by atoms with Crippen LogP contribution in [0.25, 0.3) is 0 Å². The molecule has 1 N–H and O–H groups in total. The maximum atomic E-state index is 12.1. The van der Waals surface area contributed by atoms with Crippen molar-refractivity contribution in [3.8, 4) is 5.75 Å². The Hall–Kier alpha value is -2.34. The maximum Gasteiger partial charge on any atom is 0.255 e. The molecule has 6 heteroatoms. The van der Waals surface area contributed by atoms with Crippen molar-refractivity contribution in [2.75, 3.05) is 25.6 Å². The Morgan fingerprint density at radius 3 is 2.95 bits per heavy atom. The quantitative estimate of drug-likeness (QED) is 0.815. The van der Waals surface area contributed by atoms with Gasteiger partial charge in [-0.2, -0.15) is 5.10 Å². The van der Waals surface area contributed by atoms with Gasteiger partial charge in [0.05, 0.1) is 18.5 Å². The summed E-state index contributed by atoms with van der Waals surface area (Å²) in [6, 6.07) is 7.01. The number of hydrogen-bond donors (Lipinski definition) is 1. The van der Waals surface area contributed by atoms with Crippen molar-refractivity contribution >= 4 is 11.6 Å². The number of carbonyl (C=O) groups is 1. The molecule has 0 radical (unpaired) electrons. The van der Waals surface area contributed by atoms with Crippen LogP contribution < -0.4 is 10.1 Å². The van der Waals surface area contributed by atoms with E-state index in [4.69, 9.17) is 9.47 Å². The molecule has 20 heavy (non-hydrogen) atoms. The summed E-state index contributed by atoms with van der Waals surface area (Å²) < 4.78 is 12.0. The highest BCUT2D eigenvalue weighted by Gasteiger charge is 2.08. The fourth-order valence-electron chi connectivity index (χ4n) is 1.66. The molecule has 0 aliphatic heterocycles. The van der Waals surface area contributed by atoms with E-state index in [0.29, 0.717) is 30.2 Å². The number of aryl methyl sites for hydroxylation is 1. The van der Waals surface area contributed by atoms with Gasteiger partial charge in [0.1, 0.15) is 12.4 Å². The van der Waals surface area contributed by atoms with Crippen LogP contribution in [0.1, 0.15) is 10.4 Å². The zero-order valence-corrected chi connectivity index (χ0v) is 11.5. The Balaban J connectivity index is 2.00. The number of nitrogens with zero attached hydrogens (tertiary/aromatic N) is 2. The molecule has 1 amide bonds. The molecule has 0 bridgehead atoms. The van der Waals surface area contributed by atoms with Gasteiger partial charge in [0.2, 0.25) is 0 Å². The average Bonchev–Trinajstić information content (AvgIpc) is 2.85. The Labute approximate surface area is 117 Å². The van der Waals surface area contributed by atoms with E-state index in [-0.39, 0.29) is 5.91 Å². The van der Waals surface area contributed by atoms with Crippen molar-refractivity contribution in [2.45, 2.75) is 0 Å². The van der Waals surface area contributed by atoms with E-state index >= 15 is 0 Å². The third-order valence-corrected chi connectivity index (χ3v) is 2.62. The summed E-state index contributed by atoms with van der Waals surface area (Å²) in [4.78, 5) is 12.1. The molecule has 0 atom stereocenters. The number of nitrogens with one attached hydrogen (secondary N) is 1. The van der Waals surface area contributed by atoms with Crippen molar-refractivity contribution in [1.82, 2.24) is 9.78 Å². The summed E-state index contributed by atoms with van der Waals surface area (Å²) >= 11 is 0. The van der Waals surface area contributed by atoms with Gasteiger partial charge in [0.25, 0.3) is 5.91 Å². The lowest BCUT2D eigenvalue weighted by molar-refractivity contribution is 0.102. The summed E-state index contributed by atoms with van der Waals surface area (Å²) in [5.41, 5.74) is 1.19. The lowest BCUT2D eigenvalue weighted by Crippen LogP contribution is -2.12. The first kappa shape index (κ1) is 14.1. The minimum Gasteiger partial charge on any atom is -0.491 e. The lowest BCUT2D eigenvalue weighted by Gasteiger charge is -2.07. The van der Waals surface area contributed by atoms with Crippen LogP contribution in [-0.2, 0) is 11.8 Å². The fourth-order valence-corrected chi connectivity index (χ4v) is 1.66. The summed E-state index contributed by atoms with van der Waals surface area (Å²) in [5, 5.41) is 6.77. The SMILES string of the molecule is COCCOc1cccc(C(=O)Nc2cnn(C)c2)c1. The number of rotatable bonds is 6. The molecule has 0 spiro atoms. The number of amides is 1. The molecule has 106 valence electrons. The molecule has 0 saturated carbocycles. The molecule has 0 fully saturated rings. The lowest BCUT2D eigenvalue weighted by atomic mass is 10.2. The van der Waals surface area contributed by atoms with Crippen LogP contribution in [0.5, 0.6) is 5.75 Å². The third-order valence-electron chi connectivity index (χ3n) is 2.62. The second-order valence-electron chi connectivity index (χ2n) is 4.23. The predicted octanol–water partition coefficient (Wildman–Crippen LogP) is 1.70. The molecule has 0 saturated heterocycles. The molecule has 6 nitrogen and oxygen atoms in total. The maximum absolute atomic E-state index is 12.1. The van der Waals surface area contributed by atoms with E-state index in [1.54, 1.807) is 55.5 Å². The van der Waals surface area contributed by atoms with Crippen LogP contribution in [0.2, 0.25) is 0 Å². The number of carbonyl (C=O) groups excluding carboxylic acids is 1. The third kappa shape index (κ3) is 3.83. The van der Waals surface area contributed by atoms with Gasteiger partial charge >= 0.3 is 0 Å². The number of anilines is 1. The van der Waals surface area contributed by atoms with Crippen molar-refractivity contribution in [2.24, 2.45) is 7.05 Å². The molecular weight excluding hydrogens is 258 g/mol. The van der Waals surface area contributed by atoms with Crippen molar-refractivity contribution in [3.63, 3.8) is 0 Å². The Kier molecular flexibility index (Phi) is 4.73. The first-order valence-electron chi connectivity index (χ1n) is 6.21. The fraction of sp³-hybridized carbons (Fsp3) is 0.286. The van der Waals surface area contributed by atoms with Gasteiger partial charge < -0.3 is 14.8 Å². The highest BCUT2D eigenvalue weighted by Crippen LogP contribution is 2.15. The highest BCUT2D eigenvalue weighted by molar-refractivity contribution is 6.04. The van der Waals surface area contributed by atoms with Crippen LogP contribution in [0.4, 0.5) is 5.69 Å². The van der Waals surface area contributed by atoms with Crippen LogP contribution in [0.15, 0.2) is 36.7 Å². The molecular formula is C14H17N3O3. The molecule has 1 aromatic carbocycles. The van der Waals surface area contributed by atoms with Gasteiger partial charge in [-0.3, -0.25) is 9.48 Å². The Bertz CT molecular complexity index is 581. The largest absolute Gasteiger partial charge is 0.491 e. The average molecular weight is 275 g/mol. The first-order chi connectivity index (χ1) is 9.69. The number of ether oxygens (including phenoxy) is 2. The predicted molar refractivity (Wildman–Crippen MR) is 75.0 cm³/mol. The van der Waals surface area contributed by atoms with Crippen molar-refractivity contribution in [1.29, 1.82) is 0 Å². The number of hydrogen-bond acceptors (Lipinski definition) is 4. The molecule has 1 aromatic heterocycles. The van der Waals surface area contributed by atoms with Gasteiger partial charge in [-0.15, -0.1) is 0 Å². The van der Waals surface area contributed by atoms with Gasteiger partial charge in [-0.25, -0.2) is 0 Å². The zero-order valence-electron chi connectivity index (χ0n) is 11.5. The van der Waals surface area contributed by atoms with Gasteiger partial charge in [0.15, 0.2) is 0 Å².